The number of rotatable bonds is 7. The van der Waals surface area contributed by atoms with Gasteiger partial charge < -0.3 is 14.5 Å². The highest BCUT2D eigenvalue weighted by Gasteiger charge is 2.36. The van der Waals surface area contributed by atoms with Crippen molar-refractivity contribution < 1.29 is 13.6 Å². The second-order valence-electron chi connectivity index (χ2n) is 10.0. The van der Waals surface area contributed by atoms with Crippen LogP contribution in [0.3, 0.4) is 0 Å². The van der Waals surface area contributed by atoms with E-state index in [0.29, 0.717) is 24.7 Å². The van der Waals surface area contributed by atoms with Crippen LogP contribution in [-0.4, -0.2) is 31.7 Å². The van der Waals surface area contributed by atoms with Crippen molar-refractivity contribution in [1.82, 2.24) is 10.2 Å². The molecule has 0 spiro atoms. The van der Waals surface area contributed by atoms with Crippen LogP contribution in [0.25, 0.3) is 10.9 Å². The highest BCUT2D eigenvalue weighted by molar-refractivity contribution is 6.74. The van der Waals surface area contributed by atoms with Crippen LogP contribution in [-0.2, 0) is 4.43 Å². The fraction of sp³-hybridized carbons (Fsp3) is 0.423. The van der Waals surface area contributed by atoms with Crippen LogP contribution in [0.1, 0.15) is 40.2 Å². The monoisotopic (exact) mass is 467 g/mol. The van der Waals surface area contributed by atoms with Crippen molar-refractivity contribution in [2.75, 3.05) is 18.5 Å². The van der Waals surface area contributed by atoms with E-state index in [1.807, 2.05) is 26.0 Å². The van der Waals surface area contributed by atoms with Crippen molar-refractivity contribution in [3.05, 3.63) is 47.9 Å². The summed E-state index contributed by atoms with van der Waals surface area (Å²) in [7, 11) is -1.87. The average Bonchev–Trinajstić information content (AvgIpc) is 3.17. The molecule has 33 heavy (non-hydrogen) atoms. The molecule has 0 aliphatic carbocycles. The normalized spacial score (nSPS) is 12.0. The number of hydrogen-bond acceptors (Lipinski definition) is 4. The van der Waals surface area contributed by atoms with Gasteiger partial charge in [0.25, 0.3) is 0 Å². The lowest BCUT2D eigenvalue weighted by Crippen LogP contribution is -2.41. The summed E-state index contributed by atoms with van der Waals surface area (Å²) in [5.41, 5.74) is 3.22. The molecule has 0 aliphatic rings. The lowest BCUT2D eigenvalue weighted by Gasteiger charge is -2.36. The number of nitrogens with one attached hydrogen (secondary N) is 2. The van der Waals surface area contributed by atoms with Crippen LogP contribution in [0.2, 0.25) is 18.1 Å². The van der Waals surface area contributed by atoms with Gasteiger partial charge in [-0.2, -0.15) is 5.10 Å². The standard InChI is InChI=1S/C26H34FN3O2Si/c1-18(2)8-9-19-14-24-20(17-28-30-24)15-23(19)29-22-11-10-21(27)16-25(22)31-12-13-32-33(6,7)26(3,4)5/h10-11,14-18,29H,12-13H2,1-7H3,(H,28,30). The minimum absolute atomic E-state index is 0.123. The number of aromatic amines is 1. The summed E-state index contributed by atoms with van der Waals surface area (Å²) in [6.45, 7) is 15.9. The van der Waals surface area contributed by atoms with E-state index in [0.717, 1.165) is 22.2 Å². The molecular formula is C26H34FN3O2Si. The Labute approximate surface area is 197 Å². The number of anilines is 2. The fourth-order valence-corrected chi connectivity index (χ4v) is 3.98. The van der Waals surface area contributed by atoms with Gasteiger partial charge in [-0.3, -0.25) is 5.10 Å². The molecule has 7 heteroatoms. The molecule has 5 nitrogen and oxygen atoms in total. The average molecular weight is 468 g/mol. The Morgan fingerprint density at radius 3 is 2.58 bits per heavy atom. The minimum atomic E-state index is -1.87. The number of fused-ring (bicyclic) bond motifs is 1. The number of ether oxygens (including phenoxy) is 1. The van der Waals surface area contributed by atoms with Gasteiger partial charge in [-0.05, 0) is 42.4 Å². The Hall–Kier alpha value is -2.82. The third kappa shape index (κ3) is 6.37. The predicted octanol–water partition coefficient (Wildman–Crippen LogP) is 6.85. The number of hydrogen-bond donors (Lipinski definition) is 2. The van der Waals surface area contributed by atoms with E-state index in [1.165, 1.54) is 12.1 Å². The predicted molar refractivity (Wildman–Crippen MR) is 136 cm³/mol. The molecule has 3 rings (SSSR count). The first-order valence-electron chi connectivity index (χ1n) is 11.3. The Bertz CT molecular complexity index is 1170. The topological polar surface area (TPSA) is 59.2 Å². The Morgan fingerprint density at radius 2 is 1.88 bits per heavy atom. The molecule has 0 unspecified atom stereocenters. The van der Waals surface area contributed by atoms with E-state index < -0.39 is 8.32 Å². The van der Waals surface area contributed by atoms with Gasteiger partial charge in [0.05, 0.1) is 35.3 Å². The van der Waals surface area contributed by atoms with Crippen LogP contribution >= 0.6 is 0 Å². The van der Waals surface area contributed by atoms with E-state index in [2.05, 4.69) is 61.2 Å². The maximum atomic E-state index is 14.0. The molecule has 1 aromatic heterocycles. The van der Waals surface area contributed by atoms with Gasteiger partial charge in [0, 0.05) is 17.4 Å². The minimum Gasteiger partial charge on any atom is -0.489 e. The molecule has 1 heterocycles. The fourth-order valence-electron chi connectivity index (χ4n) is 2.95. The first kappa shape index (κ1) is 24.8. The molecule has 0 saturated carbocycles. The third-order valence-corrected chi connectivity index (χ3v) is 10.4. The van der Waals surface area contributed by atoms with Crippen molar-refractivity contribution in [3.8, 4) is 17.6 Å². The van der Waals surface area contributed by atoms with E-state index in [4.69, 9.17) is 9.16 Å². The molecule has 0 radical (unpaired) electrons. The zero-order chi connectivity index (χ0) is 24.2. The van der Waals surface area contributed by atoms with E-state index in [-0.39, 0.29) is 16.8 Å². The summed E-state index contributed by atoms with van der Waals surface area (Å²) in [6.07, 6.45) is 1.76. The largest absolute Gasteiger partial charge is 0.489 e. The molecular weight excluding hydrogens is 433 g/mol. The van der Waals surface area contributed by atoms with Crippen molar-refractivity contribution in [2.45, 2.75) is 52.8 Å². The number of H-pyrrole nitrogens is 1. The summed E-state index contributed by atoms with van der Waals surface area (Å²) < 4.78 is 26.2. The van der Waals surface area contributed by atoms with Crippen LogP contribution in [0.4, 0.5) is 15.8 Å². The van der Waals surface area contributed by atoms with E-state index >= 15 is 0 Å². The van der Waals surface area contributed by atoms with Crippen molar-refractivity contribution in [2.24, 2.45) is 5.92 Å². The zero-order valence-electron chi connectivity index (χ0n) is 20.6. The molecule has 0 fully saturated rings. The molecule has 0 amide bonds. The van der Waals surface area contributed by atoms with Crippen molar-refractivity contribution >= 4 is 30.6 Å². The smallest absolute Gasteiger partial charge is 0.192 e. The van der Waals surface area contributed by atoms with Gasteiger partial charge in [0.1, 0.15) is 18.2 Å². The molecule has 0 saturated heterocycles. The van der Waals surface area contributed by atoms with Gasteiger partial charge in [-0.1, -0.05) is 46.5 Å². The molecule has 0 aliphatic heterocycles. The quantitative estimate of drug-likeness (QED) is 0.226. The van der Waals surface area contributed by atoms with Gasteiger partial charge in [0.2, 0.25) is 0 Å². The van der Waals surface area contributed by atoms with Crippen molar-refractivity contribution in [3.63, 3.8) is 0 Å². The van der Waals surface area contributed by atoms with E-state index in [9.17, 15) is 4.39 Å². The summed E-state index contributed by atoms with van der Waals surface area (Å²) in [4.78, 5) is 0. The molecule has 3 aromatic rings. The van der Waals surface area contributed by atoms with Gasteiger partial charge in [-0.25, -0.2) is 4.39 Å². The Kier molecular flexibility index (Phi) is 7.50. The van der Waals surface area contributed by atoms with Gasteiger partial charge in [0.15, 0.2) is 8.32 Å². The SMILES string of the molecule is CC(C)C#Cc1cc2[nH]ncc2cc1Nc1ccc(F)cc1OCCO[Si](C)(C)C(C)(C)C. The van der Waals surface area contributed by atoms with Crippen LogP contribution in [0, 0.1) is 23.6 Å². The Balaban J connectivity index is 1.82. The molecule has 0 bridgehead atoms. The summed E-state index contributed by atoms with van der Waals surface area (Å²) >= 11 is 0. The van der Waals surface area contributed by atoms with Crippen molar-refractivity contribution in [1.29, 1.82) is 0 Å². The third-order valence-electron chi connectivity index (χ3n) is 5.90. The maximum absolute atomic E-state index is 14.0. The summed E-state index contributed by atoms with van der Waals surface area (Å²) in [6, 6.07) is 8.44. The molecule has 0 atom stereocenters. The molecule has 2 N–H and O–H groups in total. The maximum Gasteiger partial charge on any atom is 0.192 e. The first-order chi connectivity index (χ1) is 15.5. The first-order valence-corrected chi connectivity index (χ1v) is 14.2. The highest BCUT2D eigenvalue weighted by Crippen LogP contribution is 2.36. The lowest BCUT2D eigenvalue weighted by molar-refractivity contribution is 0.203. The second-order valence-corrected chi connectivity index (χ2v) is 14.8. The summed E-state index contributed by atoms with van der Waals surface area (Å²) in [5, 5.41) is 11.6. The number of nitrogens with zero attached hydrogens (tertiary/aromatic N) is 1. The number of halogens is 1. The number of aromatic nitrogens is 2. The van der Waals surface area contributed by atoms with Gasteiger partial charge in [-0.15, -0.1) is 0 Å². The Morgan fingerprint density at radius 1 is 1.12 bits per heavy atom. The van der Waals surface area contributed by atoms with Crippen LogP contribution in [0.5, 0.6) is 5.75 Å². The molecule has 2 aromatic carbocycles. The van der Waals surface area contributed by atoms with Gasteiger partial charge >= 0.3 is 0 Å². The lowest BCUT2D eigenvalue weighted by atomic mass is 10.1. The zero-order valence-corrected chi connectivity index (χ0v) is 21.6. The second kappa shape index (κ2) is 9.98. The van der Waals surface area contributed by atoms with Crippen LogP contribution in [0.15, 0.2) is 36.5 Å². The number of benzene rings is 2. The van der Waals surface area contributed by atoms with Crippen LogP contribution < -0.4 is 10.1 Å². The summed E-state index contributed by atoms with van der Waals surface area (Å²) in [5.74, 6) is 6.76. The van der Waals surface area contributed by atoms with E-state index in [1.54, 1.807) is 12.3 Å². The molecule has 176 valence electrons. The highest BCUT2D eigenvalue weighted by atomic mass is 28.4.